The summed E-state index contributed by atoms with van der Waals surface area (Å²) in [6.45, 7) is 8.02. The molecule has 0 spiro atoms. The molecular weight excluding hydrogens is 314 g/mol. The highest BCUT2D eigenvalue weighted by atomic mass is 16.2. The van der Waals surface area contributed by atoms with Gasteiger partial charge in [-0.1, -0.05) is 18.6 Å². The number of carbonyl (C=O) groups is 1. The Kier molecular flexibility index (Phi) is 5.36. The minimum Gasteiger partial charge on any atom is -0.338 e. The molecule has 0 bridgehead atoms. The first kappa shape index (κ1) is 17.5. The molecule has 134 valence electrons. The van der Waals surface area contributed by atoms with Gasteiger partial charge >= 0.3 is 6.03 Å². The Morgan fingerprint density at radius 3 is 2.88 bits per heavy atom. The molecule has 3 rings (SSSR count). The molecule has 0 fully saturated rings. The van der Waals surface area contributed by atoms with Gasteiger partial charge in [0.1, 0.15) is 5.82 Å². The molecule has 25 heavy (non-hydrogen) atoms. The molecule has 0 saturated heterocycles. The summed E-state index contributed by atoms with van der Waals surface area (Å²) in [6, 6.07) is 5.96. The molecule has 2 aromatic rings. The van der Waals surface area contributed by atoms with Gasteiger partial charge < -0.3 is 9.88 Å². The number of amides is 2. The lowest BCUT2D eigenvalue weighted by Crippen LogP contribution is -2.40. The second kappa shape index (κ2) is 7.68. The van der Waals surface area contributed by atoms with Crippen molar-refractivity contribution in [2.45, 2.75) is 59.5 Å². The van der Waals surface area contributed by atoms with Crippen molar-refractivity contribution < 1.29 is 4.79 Å². The van der Waals surface area contributed by atoms with E-state index in [1.165, 1.54) is 12.0 Å². The van der Waals surface area contributed by atoms with Crippen LogP contribution in [0.4, 0.5) is 10.5 Å². The molecule has 0 aliphatic carbocycles. The number of nitrogens with zero attached hydrogens (tertiary/aromatic N) is 4. The molecule has 0 saturated carbocycles. The summed E-state index contributed by atoms with van der Waals surface area (Å²) in [5, 5.41) is 11.7. The average Bonchev–Trinajstić information content (AvgIpc) is 2.82. The van der Waals surface area contributed by atoms with Crippen molar-refractivity contribution in [3.05, 3.63) is 41.0 Å². The van der Waals surface area contributed by atoms with E-state index in [9.17, 15) is 4.79 Å². The van der Waals surface area contributed by atoms with Gasteiger partial charge in [-0.05, 0) is 50.8 Å². The zero-order valence-corrected chi connectivity index (χ0v) is 15.4. The Morgan fingerprint density at radius 2 is 2.08 bits per heavy atom. The number of hydrogen-bond donors (Lipinski definition) is 1. The van der Waals surface area contributed by atoms with Crippen LogP contribution in [0.1, 0.15) is 49.0 Å². The maximum atomic E-state index is 12.7. The number of anilines is 1. The standard InChI is InChI=1S/C19H27N5O/c1-4-20-19(25)24(16-10-8-9-14(2)15(16)3)13-18-22-21-17-11-6-5-7-12-23(17)18/h8-10H,4-7,11-13H2,1-3H3,(H,20,25). The van der Waals surface area contributed by atoms with Gasteiger partial charge in [-0.15, -0.1) is 10.2 Å². The maximum Gasteiger partial charge on any atom is 0.322 e. The molecule has 0 atom stereocenters. The molecule has 1 N–H and O–H groups in total. The number of fused-ring (bicyclic) bond motifs is 1. The lowest BCUT2D eigenvalue weighted by molar-refractivity contribution is 0.246. The molecule has 1 aromatic carbocycles. The normalized spacial score (nSPS) is 13.9. The number of urea groups is 1. The Labute approximate surface area is 149 Å². The van der Waals surface area contributed by atoms with E-state index >= 15 is 0 Å². The SMILES string of the molecule is CCNC(=O)N(Cc1nnc2n1CCCCC2)c1cccc(C)c1C. The topological polar surface area (TPSA) is 63.1 Å². The van der Waals surface area contributed by atoms with E-state index in [0.29, 0.717) is 13.1 Å². The second-order valence-electron chi connectivity index (χ2n) is 6.64. The van der Waals surface area contributed by atoms with Crippen LogP contribution in [0.2, 0.25) is 0 Å². The predicted octanol–water partition coefficient (Wildman–Crippen LogP) is 3.36. The predicted molar refractivity (Wildman–Crippen MR) is 98.7 cm³/mol. The van der Waals surface area contributed by atoms with E-state index in [4.69, 9.17) is 0 Å². The molecule has 2 amide bonds. The third kappa shape index (κ3) is 3.67. The molecule has 0 unspecified atom stereocenters. The number of hydrogen-bond acceptors (Lipinski definition) is 3. The first-order valence-electron chi connectivity index (χ1n) is 9.14. The molecule has 6 nitrogen and oxygen atoms in total. The fraction of sp³-hybridized carbons (Fsp3) is 0.526. The van der Waals surface area contributed by atoms with Gasteiger partial charge in [0.15, 0.2) is 5.82 Å². The fourth-order valence-electron chi connectivity index (χ4n) is 3.34. The number of aromatic nitrogens is 3. The van der Waals surface area contributed by atoms with Gasteiger partial charge in [0.25, 0.3) is 0 Å². The molecule has 6 heteroatoms. The van der Waals surface area contributed by atoms with Gasteiger partial charge in [-0.3, -0.25) is 4.90 Å². The highest BCUT2D eigenvalue weighted by molar-refractivity contribution is 5.92. The second-order valence-corrected chi connectivity index (χ2v) is 6.64. The zero-order valence-electron chi connectivity index (χ0n) is 15.4. The van der Waals surface area contributed by atoms with Gasteiger partial charge in [0, 0.05) is 25.2 Å². The Hall–Kier alpha value is -2.37. The van der Waals surface area contributed by atoms with E-state index in [-0.39, 0.29) is 6.03 Å². The lowest BCUT2D eigenvalue weighted by Gasteiger charge is -2.25. The quantitative estimate of drug-likeness (QED) is 0.927. The van der Waals surface area contributed by atoms with E-state index in [1.807, 2.05) is 19.1 Å². The minimum atomic E-state index is -0.0952. The van der Waals surface area contributed by atoms with Gasteiger partial charge in [-0.2, -0.15) is 0 Å². The maximum absolute atomic E-state index is 12.7. The van der Waals surface area contributed by atoms with Crippen molar-refractivity contribution in [2.24, 2.45) is 0 Å². The van der Waals surface area contributed by atoms with Crippen LogP contribution >= 0.6 is 0 Å². The van der Waals surface area contributed by atoms with E-state index in [1.54, 1.807) is 4.90 Å². The highest BCUT2D eigenvalue weighted by Crippen LogP contribution is 2.25. The van der Waals surface area contributed by atoms with Crippen molar-refractivity contribution in [2.75, 3.05) is 11.4 Å². The van der Waals surface area contributed by atoms with Crippen LogP contribution in [-0.4, -0.2) is 27.3 Å². The lowest BCUT2D eigenvalue weighted by atomic mass is 10.1. The van der Waals surface area contributed by atoms with E-state index < -0.39 is 0 Å². The number of nitrogens with one attached hydrogen (secondary N) is 1. The van der Waals surface area contributed by atoms with E-state index in [0.717, 1.165) is 48.7 Å². The van der Waals surface area contributed by atoms with Crippen LogP contribution < -0.4 is 10.2 Å². The monoisotopic (exact) mass is 341 g/mol. The largest absolute Gasteiger partial charge is 0.338 e. The Bertz CT molecular complexity index is 752. The Morgan fingerprint density at radius 1 is 1.24 bits per heavy atom. The summed E-state index contributed by atoms with van der Waals surface area (Å²) in [7, 11) is 0. The summed E-state index contributed by atoms with van der Waals surface area (Å²) in [5.74, 6) is 1.91. The van der Waals surface area contributed by atoms with Crippen LogP contribution in [0.5, 0.6) is 0 Å². The first-order valence-corrected chi connectivity index (χ1v) is 9.14. The number of benzene rings is 1. The van der Waals surface area contributed by atoms with Gasteiger partial charge in [0.2, 0.25) is 0 Å². The third-order valence-corrected chi connectivity index (χ3v) is 4.93. The van der Waals surface area contributed by atoms with Crippen molar-refractivity contribution in [1.82, 2.24) is 20.1 Å². The van der Waals surface area contributed by atoms with Crippen LogP contribution in [0, 0.1) is 13.8 Å². The molecule has 1 aromatic heterocycles. The van der Waals surface area contributed by atoms with Crippen molar-refractivity contribution in [3.8, 4) is 0 Å². The number of rotatable bonds is 4. The van der Waals surface area contributed by atoms with Crippen molar-refractivity contribution in [3.63, 3.8) is 0 Å². The summed E-state index contributed by atoms with van der Waals surface area (Å²) in [4.78, 5) is 14.5. The van der Waals surface area contributed by atoms with Crippen molar-refractivity contribution >= 4 is 11.7 Å². The summed E-state index contributed by atoms with van der Waals surface area (Å²) < 4.78 is 2.20. The molecule has 2 heterocycles. The van der Waals surface area contributed by atoms with Crippen LogP contribution in [0.3, 0.4) is 0 Å². The summed E-state index contributed by atoms with van der Waals surface area (Å²) >= 11 is 0. The smallest absolute Gasteiger partial charge is 0.322 e. The van der Waals surface area contributed by atoms with Crippen molar-refractivity contribution in [1.29, 1.82) is 0 Å². The summed E-state index contributed by atoms with van der Waals surface area (Å²) in [5.41, 5.74) is 3.22. The highest BCUT2D eigenvalue weighted by Gasteiger charge is 2.22. The minimum absolute atomic E-state index is 0.0952. The van der Waals surface area contributed by atoms with Crippen LogP contribution in [0.15, 0.2) is 18.2 Å². The number of aryl methyl sites for hydroxylation is 2. The zero-order chi connectivity index (χ0) is 17.8. The Balaban J connectivity index is 1.95. The summed E-state index contributed by atoms with van der Waals surface area (Å²) in [6.07, 6.45) is 4.50. The number of carbonyl (C=O) groups excluding carboxylic acids is 1. The third-order valence-electron chi connectivity index (χ3n) is 4.93. The average molecular weight is 341 g/mol. The molecule has 1 aliphatic rings. The van der Waals surface area contributed by atoms with Crippen LogP contribution in [0.25, 0.3) is 0 Å². The molecular formula is C19H27N5O. The van der Waals surface area contributed by atoms with Crippen LogP contribution in [-0.2, 0) is 19.5 Å². The molecule has 0 radical (unpaired) electrons. The van der Waals surface area contributed by atoms with E-state index in [2.05, 4.69) is 40.0 Å². The first-order chi connectivity index (χ1) is 12.1. The molecule has 1 aliphatic heterocycles. The fourth-order valence-corrected chi connectivity index (χ4v) is 3.34. The van der Waals surface area contributed by atoms with Gasteiger partial charge in [-0.25, -0.2) is 4.79 Å². The van der Waals surface area contributed by atoms with Gasteiger partial charge in [0.05, 0.1) is 6.54 Å².